The van der Waals surface area contributed by atoms with Gasteiger partial charge in [-0.1, -0.05) is 5.21 Å². The van der Waals surface area contributed by atoms with E-state index in [0.717, 1.165) is 12.3 Å². The lowest BCUT2D eigenvalue weighted by Crippen LogP contribution is -2.23. The molecule has 1 amide bonds. The normalized spacial score (nSPS) is 11.8. The smallest absolute Gasteiger partial charge is 0.344 e. The number of tetrazole rings is 1. The number of alkyl halides is 3. The van der Waals surface area contributed by atoms with Crippen LogP contribution in [0.3, 0.4) is 0 Å². The molecule has 0 atom stereocenters. The first-order chi connectivity index (χ1) is 10.9. The number of carbonyl (C=O) groups is 1. The van der Waals surface area contributed by atoms with Gasteiger partial charge in [-0.2, -0.15) is 23.5 Å². The molecule has 0 spiro atoms. The summed E-state index contributed by atoms with van der Waals surface area (Å²) in [6, 6.07) is 0.862. The number of aryl methyl sites for hydroxylation is 1. The number of hydrogen-bond donors (Lipinski definition) is 2. The lowest BCUT2D eigenvalue weighted by Gasteiger charge is -2.09. The van der Waals surface area contributed by atoms with Gasteiger partial charge in [0.2, 0.25) is 0 Å². The van der Waals surface area contributed by atoms with Gasteiger partial charge in [-0.25, -0.2) is 9.50 Å². The maximum atomic E-state index is 13.0. The molecule has 0 unspecified atom stereocenters. The highest BCUT2D eigenvalue weighted by Gasteiger charge is 2.35. The molecule has 0 aliphatic carbocycles. The minimum atomic E-state index is -4.61. The Hall–Kier alpha value is -3.05. The second-order valence-corrected chi connectivity index (χ2v) is 4.58. The van der Waals surface area contributed by atoms with Gasteiger partial charge in [0, 0.05) is 5.69 Å². The number of nitrogens with zero attached hydrogens (tertiary/aromatic N) is 6. The van der Waals surface area contributed by atoms with Crippen LogP contribution in [0.15, 0.2) is 12.3 Å². The molecule has 3 aromatic rings. The molecule has 0 aliphatic heterocycles. The molecule has 3 aromatic heterocycles. The first-order valence-corrected chi connectivity index (χ1v) is 6.29. The van der Waals surface area contributed by atoms with E-state index in [1.165, 1.54) is 6.92 Å². The molecular weight excluding hydrogens is 317 g/mol. The molecule has 120 valence electrons. The second kappa shape index (κ2) is 5.30. The number of rotatable bonds is 3. The van der Waals surface area contributed by atoms with E-state index < -0.39 is 17.8 Å². The summed E-state index contributed by atoms with van der Waals surface area (Å²) in [4.78, 5) is 16.1. The van der Waals surface area contributed by atoms with Crippen LogP contribution >= 0.6 is 0 Å². The predicted octanol–water partition coefficient (Wildman–Crippen LogP) is 0.500. The Morgan fingerprint density at radius 3 is 2.87 bits per heavy atom. The summed E-state index contributed by atoms with van der Waals surface area (Å²) in [6.45, 7) is 1.37. The molecule has 0 saturated heterocycles. The monoisotopic (exact) mass is 326 g/mol. The number of H-pyrrole nitrogens is 1. The standard InChI is InChI=1S/C11H9F3N8O/c1-5-2-7(11(12,13)14)22-9(17-5)6(3-16-22)10(23)15-4-8-18-20-21-19-8/h2-3H,4H2,1H3,(H,15,23)(H,18,19,20,21). The molecule has 3 rings (SSSR count). The van der Waals surface area contributed by atoms with Gasteiger partial charge in [0.25, 0.3) is 5.91 Å². The van der Waals surface area contributed by atoms with Gasteiger partial charge in [-0.15, -0.1) is 10.2 Å². The maximum Gasteiger partial charge on any atom is 0.433 e. The Bertz CT molecular complexity index is 854. The molecule has 2 N–H and O–H groups in total. The number of aromatic amines is 1. The number of halogens is 3. The van der Waals surface area contributed by atoms with Crippen molar-refractivity contribution < 1.29 is 18.0 Å². The number of hydrogen-bond acceptors (Lipinski definition) is 6. The van der Waals surface area contributed by atoms with Crippen LogP contribution in [0, 0.1) is 6.92 Å². The largest absolute Gasteiger partial charge is 0.433 e. The quantitative estimate of drug-likeness (QED) is 0.724. The lowest BCUT2D eigenvalue weighted by atomic mass is 10.2. The van der Waals surface area contributed by atoms with Crippen LogP contribution in [0.2, 0.25) is 0 Å². The molecule has 0 saturated carbocycles. The van der Waals surface area contributed by atoms with Crippen molar-refractivity contribution in [2.24, 2.45) is 0 Å². The molecule has 3 heterocycles. The fourth-order valence-corrected chi connectivity index (χ4v) is 1.96. The minimum absolute atomic E-state index is 0.0371. The third-order valence-corrected chi connectivity index (χ3v) is 2.93. The van der Waals surface area contributed by atoms with Gasteiger partial charge >= 0.3 is 6.18 Å². The van der Waals surface area contributed by atoms with Crippen LogP contribution in [0.4, 0.5) is 13.2 Å². The summed E-state index contributed by atoms with van der Waals surface area (Å²) in [5, 5.41) is 18.9. The van der Waals surface area contributed by atoms with Gasteiger partial charge in [0.15, 0.2) is 11.5 Å². The van der Waals surface area contributed by atoms with Crippen molar-refractivity contribution in [3.63, 3.8) is 0 Å². The zero-order chi connectivity index (χ0) is 16.6. The Labute approximate surface area is 125 Å². The fourth-order valence-electron chi connectivity index (χ4n) is 1.96. The Kier molecular flexibility index (Phi) is 3.42. The third-order valence-electron chi connectivity index (χ3n) is 2.93. The average molecular weight is 326 g/mol. The van der Waals surface area contributed by atoms with Crippen LogP contribution in [0.25, 0.3) is 5.65 Å². The summed E-state index contributed by atoms with van der Waals surface area (Å²) in [5.74, 6) is -0.411. The molecule has 12 heteroatoms. The summed E-state index contributed by atoms with van der Waals surface area (Å²) < 4.78 is 39.7. The number of nitrogens with one attached hydrogen (secondary N) is 2. The summed E-state index contributed by atoms with van der Waals surface area (Å²) in [7, 11) is 0. The minimum Gasteiger partial charge on any atom is -0.344 e. The van der Waals surface area contributed by atoms with Crippen molar-refractivity contribution in [1.29, 1.82) is 0 Å². The van der Waals surface area contributed by atoms with Crippen molar-refractivity contribution in [3.05, 3.63) is 35.0 Å². The van der Waals surface area contributed by atoms with E-state index in [2.05, 4.69) is 36.0 Å². The first kappa shape index (κ1) is 14.9. The number of aromatic nitrogens is 7. The highest BCUT2D eigenvalue weighted by Crippen LogP contribution is 2.30. The zero-order valence-electron chi connectivity index (χ0n) is 11.6. The fraction of sp³-hybridized carbons (Fsp3) is 0.273. The Balaban J connectivity index is 1.95. The van der Waals surface area contributed by atoms with E-state index in [1.807, 2.05) is 0 Å². The highest BCUT2D eigenvalue weighted by atomic mass is 19.4. The van der Waals surface area contributed by atoms with E-state index >= 15 is 0 Å². The number of fused-ring (bicyclic) bond motifs is 1. The van der Waals surface area contributed by atoms with Crippen molar-refractivity contribution in [2.45, 2.75) is 19.6 Å². The Morgan fingerprint density at radius 2 is 2.22 bits per heavy atom. The van der Waals surface area contributed by atoms with Gasteiger partial charge < -0.3 is 5.32 Å². The molecule has 23 heavy (non-hydrogen) atoms. The molecule has 0 aliphatic rings. The molecule has 0 bridgehead atoms. The topological polar surface area (TPSA) is 114 Å². The van der Waals surface area contributed by atoms with E-state index in [0.29, 0.717) is 4.52 Å². The summed E-state index contributed by atoms with van der Waals surface area (Å²) in [5.41, 5.74) is -1.14. The molecular formula is C11H9F3N8O. The summed E-state index contributed by atoms with van der Waals surface area (Å²) in [6.07, 6.45) is -3.58. The molecule has 0 aromatic carbocycles. The molecule has 9 nitrogen and oxygen atoms in total. The average Bonchev–Trinajstić information content (AvgIpc) is 3.12. The van der Waals surface area contributed by atoms with Gasteiger partial charge in [0.05, 0.1) is 12.7 Å². The highest BCUT2D eigenvalue weighted by molar-refractivity contribution is 5.99. The van der Waals surface area contributed by atoms with Crippen LogP contribution in [-0.4, -0.2) is 41.1 Å². The SMILES string of the molecule is Cc1cc(C(F)(F)F)n2ncc(C(=O)NCc3nn[nH]n3)c2n1. The van der Waals surface area contributed by atoms with Gasteiger partial charge in [0.1, 0.15) is 11.3 Å². The van der Waals surface area contributed by atoms with E-state index in [4.69, 9.17) is 0 Å². The van der Waals surface area contributed by atoms with E-state index in [-0.39, 0.29) is 29.3 Å². The van der Waals surface area contributed by atoms with Crippen LogP contribution in [0.5, 0.6) is 0 Å². The lowest BCUT2D eigenvalue weighted by molar-refractivity contribution is -0.142. The first-order valence-electron chi connectivity index (χ1n) is 6.29. The van der Waals surface area contributed by atoms with Crippen molar-refractivity contribution in [3.8, 4) is 0 Å². The van der Waals surface area contributed by atoms with Crippen LogP contribution < -0.4 is 5.32 Å². The van der Waals surface area contributed by atoms with Crippen molar-refractivity contribution in [1.82, 2.24) is 40.5 Å². The Morgan fingerprint density at radius 1 is 1.43 bits per heavy atom. The number of amides is 1. The predicted molar refractivity (Wildman–Crippen MR) is 68.1 cm³/mol. The van der Waals surface area contributed by atoms with Crippen molar-refractivity contribution in [2.75, 3.05) is 0 Å². The maximum absolute atomic E-state index is 13.0. The molecule has 0 fully saturated rings. The van der Waals surface area contributed by atoms with E-state index in [9.17, 15) is 18.0 Å². The van der Waals surface area contributed by atoms with E-state index in [1.54, 1.807) is 0 Å². The summed E-state index contributed by atoms with van der Waals surface area (Å²) >= 11 is 0. The van der Waals surface area contributed by atoms with Gasteiger partial charge in [-0.05, 0) is 13.0 Å². The second-order valence-electron chi connectivity index (χ2n) is 4.58. The third kappa shape index (κ3) is 2.82. The zero-order valence-corrected chi connectivity index (χ0v) is 11.6. The molecule has 0 radical (unpaired) electrons. The number of carbonyl (C=O) groups excluding carboxylic acids is 1. The van der Waals surface area contributed by atoms with Crippen molar-refractivity contribution >= 4 is 11.6 Å². The van der Waals surface area contributed by atoms with Crippen LogP contribution in [-0.2, 0) is 12.7 Å². The van der Waals surface area contributed by atoms with Gasteiger partial charge in [-0.3, -0.25) is 4.79 Å². The van der Waals surface area contributed by atoms with Crippen LogP contribution in [0.1, 0.15) is 27.6 Å².